The standard InChI is InChI=1S/C15H22FNO2/c1-11(17-8-7-13-4-3-9-19-13)12-5-6-14(16)15(10-12)18-2/h5-6,10-11,13,17H,3-4,7-9H2,1-2H3. The monoisotopic (exact) mass is 267 g/mol. The highest BCUT2D eigenvalue weighted by atomic mass is 19.1. The molecule has 2 atom stereocenters. The predicted molar refractivity (Wildman–Crippen MR) is 73.0 cm³/mol. The molecule has 0 bridgehead atoms. The molecule has 0 saturated carbocycles. The number of hydrogen-bond acceptors (Lipinski definition) is 3. The lowest BCUT2D eigenvalue weighted by molar-refractivity contribution is 0.103. The second-order valence-corrected chi connectivity index (χ2v) is 4.99. The van der Waals surface area contributed by atoms with Crippen LogP contribution in [0.5, 0.6) is 5.75 Å². The molecule has 0 amide bonds. The molecule has 1 N–H and O–H groups in total. The van der Waals surface area contributed by atoms with Crippen LogP contribution in [0.1, 0.15) is 37.8 Å². The summed E-state index contributed by atoms with van der Waals surface area (Å²) in [6.07, 6.45) is 3.78. The Hall–Kier alpha value is -1.13. The Morgan fingerprint density at radius 2 is 2.37 bits per heavy atom. The van der Waals surface area contributed by atoms with Gasteiger partial charge in [-0.3, -0.25) is 0 Å². The highest BCUT2D eigenvalue weighted by Gasteiger charge is 2.15. The van der Waals surface area contributed by atoms with Gasteiger partial charge in [0.1, 0.15) is 0 Å². The van der Waals surface area contributed by atoms with Gasteiger partial charge in [0.2, 0.25) is 0 Å². The van der Waals surface area contributed by atoms with E-state index in [1.54, 1.807) is 12.1 Å². The van der Waals surface area contributed by atoms with Crippen molar-refractivity contribution in [1.29, 1.82) is 0 Å². The molecule has 0 spiro atoms. The van der Waals surface area contributed by atoms with E-state index in [2.05, 4.69) is 12.2 Å². The summed E-state index contributed by atoms with van der Waals surface area (Å²) in [6, 6.07) is 5.17. The van der Waals surface area contributed by atoms with Crippen molar-refractivity contribution in [2.24, 2.45) is 0 Å². The Morgan fingerprint density at radius 1 is 1.53 bits per heavy atom. The van der Waals surface area contributed by atoms with Crippen molar-refractivity contribution in [2.75, 3.05) is 20.3 Å². The van der Waals surface area contributed by atoms with E-state index in [1.165, 1.54) is 26.0 Å². The second kappa shape index (κ2) is 6.87. The first-order valence-corrected chi connectivity index (χ1v) is 6.89. The Labute approximate surface area is 114 Å². The van der Waals surface area contributed by atoms with Gasteiger partial charge in [0.25, 0.3) is 0 Å². The van der Waals surface area contributed by atoms with Gasteiger partial charge in [-0.1, -0.05) is 6.07 Å². The SMILES string of the molecule is COc1cc(C(C)NCCC2CCCO2)ccc1F. The quantitative estimate of drug-likeness (QED) is 0.859. The van der Waals surface area contributed by atoms with Crippen molar-refractivity contribution in [3.63, 3.8) is 0 Å². The van der Waals surface area contributed by atoms with Crippen LogP contribution in [0.3, 0.4) is 0 Å². The minimum absolute atomic E-state index is 0.177. The van der Waals surface area contributed by atoms with E-state index in [9.17, 15) is 4.39 Å². The van der Waals surface area contributed by atoms with E-state index in [1.807, 2.05) is 0 Å². The molecule has 1 aliphatic rings. The summed E-state index contributed by atoms with van der Waals surface area (Å²) < 4.78 is 23.9. The number of benzene rings is 1. The first kappa shape index (κ1) is 14.3. The normalized spacial score (nSPS) is 20.5. The van der Waals surface area contributed by atoms with E-state index >= 15 is 0 Å². The van der Waals surface area contributed by atoms with Gasteiger partial charge in [-0.05, 0) is 50.4 Å². The lowest BCUT2D eigenvalue weighted by atomic mass is 10.1. The van der Waals surface area contributed by atoms with Gasteiger partial charge in [0.15, 0.2) is 11.6 Å². The third-order valence-corrected chi connectivity index (χ3v) is 3.62. The maximum absolute atomic E-state index is 13.3. The Balaban J connectivity index is 1.83. The van der Waals surface area contributed by atoms with E-state index in [4.69, 9.17) is 9.47 Å². The van der Waals surface area contributed by atoms with Crippen LogP contribution in [0.2, 0.25) is 0 Å². The topological polar surface area (TPSA) is 30.5 Å². The lowest BCUT2D eigenvalue weighted by Crippen LogP contribution is -2.23. The van der Waals surface area contributed by atoms with Gasteiger partial charge >= 0.3 is 0 Å². The van der Waals surface area contributed by atoms with Crippen LogP contribution in [-0.4, -0.2) is 26.4 Å². The van der Waals surface area contributed by atoms with Gasteiger partial charge in [-0.2, -0.15) is 0 Å². The van der Waals surface area contributed by atoms with Crippen molar-refractivity contribution in [1.82, 2.24) is 5.32 Å². The van der Waals surface area contributed by atoms with Crippen molar-refractivity contribution in [3.05, 3.63) is 29.6 Å². The second-order valence-electron chi connectivity index (χ2n) is 4.99. The van der Waals surface area contributed by atoms with Crippen molar-refractivity contribution in [3.8, 4) is 5.75 Å². The molecule has 0 aliphatic carbocycles. The van der Waals surface area contributed by atoms with Gasteiger partial charge in [0, 0.05) is 12.6 Å². The fourth-order valence-corrected chi connectivity index (χ4v) is 2.40. The fourth-order valence-electron chi connectivity index (χ4n) is 2.40. The van der Waals surface area contributed by atoms with Gasteiger partial charge in [-0.25, -0.2) is 4.39 Å². The molecule has 106 valence electrons. The zero-order valence-electron chi connectivity index (χ0n) is 11.6. The van der Waals surface area contributed by atoms with Crippen LogP contribution < -0.4 is 10.1 Å². The number of methoxy groups -OCH3 is 1. The Bertz CT molecular complexity index is 405. The summed E-state index contributed by atoms with van der Waals surface area (Å²) in [4.78, 5) is 0. The minimum atomic E-state index is -0.321. The highest BCUT2D eigenvalue weighted by molar-refractivity contribution is 5.31. The molecule has 1 heterocycles. The summed E-state index contributed by atoms with van der Waals surface area (Å²) in [5, 5.41) is 3.44. The summed E-state index contributed by atoms with van der Waals surface area (Å²) >= 11 is 0. The molecule has 2 unspecified atom stereocenters. The van der Waals surface area contributed by atoms with E-state index in [0.29, 0.717) is 11.9 Å². The highest BCUT2D eigenvalue weighted by Crippen LogP contribution is 2.22. The number of ether oxygens (including phenoxy) is 2. The number of nitrogens with one attached hydrogen (secondary N) is 1. The van der Waals surface area contributed by atoms with Crippen LogP contribution in [0, 0.1) is 5.82 Å². The van der Waals surface area contributed by atoms with Crippen molar-refractivity contribution < 1.29 is 13.9 Å². The van der Waals surface area contributed by atoms with Crippen molar-refractivity contribution >= 4 is 0 Å². The molecule has 19 heavy (non-hydrogen) atoms. The maximum Gasteiger partial charge on any atom is 0.165 e. The number of rotatable bonds is 6. The molecular weight excluding hydrogens is 245 g/mol. The smallest absolute Gasteiger partial charge is 0.165 e. The molecule has 1 fully saturated rings. The number of halogens is 1. The summed E-state index contributed by atoms with van der Waals surface area (Å²) in [6.45, 7) is 3.88. The van der Waals surface area contributed by atoms with E-state index in [0.717, 1.165) is 25.1 Å². The molecule has 3 nitrogen and oxygen atoms in total. The van der Waals surface area contributed by atoms with Gasteiger partial charge in [-0.15, -0.1) is 0 Å². The van der Waals surface area contributed by atoms with E-state index in [-0.39, 0.29) is 11.9 Å². The molecule has 1 aliphatic heterocycles. The predicted octanol–water partition coefficient (Wildman–Crippen LogP) is 3.05. The minimum Gasteiger partial charge on any atom is -0.494 e. The van der Waals surface area contributed by atoms with Crippen LogP contribution in [0.25, 0.3) is 0 Å². The van der Waals surface area contributed by atoms with Crippen LogP contribution in [0.4, 0.5) is 4.39 Å². The van der Waals surface area contributed by atoms with Gasteiger partial charge < -0.3 is 14.8 Å². The zero-order valence-corrected chi connectivity index (χ0v) is 11.6. The molecule has 0 radical (unpaired) electrons. The van der Waals surface area contributed by atoms with Crippen LogP contribution in [-0.2, 0) is 4.74 Å². The van der Waals surface area contributed by atoms with Crippen LogP contribution >= 0.6 is 0 Å². The molecule has 1 aromatic rings. The third kappa shape index (κ3) is 3.91. The lowest BCUT2D eigenvalue weighted by Gasteiger charge is -2.17. The molecule has 1 aromatic carbocycles. The summed E-state index contributed by atoms with van der Waals surface area (Å²) in [5.74, 6) is -0.0249. The summed E-state index contributed by atoms with van der Waals surface area (Å²) in [5.41, 5.74) is 1.03. The Morgan fingerprint density at radius 3 is 3.05 bits per heavy atom. The van der Waals surface area contributed by atoms with Gasteiger partial charge in [0.05, 0.1) is 13.2 Å². The van der Waals surface area contributed by atoms with Crippen molar-refractivity contribution in [2.45, 2.75) is 38.3 Å². The molecule has 2 rings (SSSR count). The van der Waals surface area contributed by atoms with E-state index < -0.39 is 0 Å². The average Bonchev–Trinajstić information content (AvgIpc) is 2.92. The third-order valence-electron chi connectivity index (χ3n) is 3.62. The molecule has 0 aromatic heterocycles. The zero-order chi connectivity index (χ0) is 13.7. The first-order valence-electron chi connectivity index (χ1n) is 6.89. The largest absolute Gasteiger partial charge is 0.494 e. The maximum atomic E-state index is 13.3. The van der Waals surface area contributed by atoms with Crippen LogP contribution in [0.15, 0.2) is 18.2 Å². The average molecular weight is 267 g/mol. The summed E-state index contributed by atoms with van der Waals surface area (Å²) in [7, 11) is 1.48. The Kier molecular flexibility index (Phi) is 5.16. The number of hydrogen-bond donors (Lipinski definition) is 1. The first-order chi connectivity index (χ1) is 9.20. The fraction of sp³-hybridized carbons (Fsp3) is 0.600. The molecule has 1 saturated heterocycles. The molecular formula is C15H22FNO2. The molecule has 4 heteroatoms.